The van der Waals surface area contributed by atoms with Crippen LogP contribution in [-0.2, 0) is 11.3 Å². The molecule has 1 aromatic heterocycles. The number of methoxy groups -OCH3 is 3. The van der Waals surface area contributed by atoms with E-state index in [0.29, 0.717) is 29.5 Å². The second-order valence-electron chi connectivity index (χ2n) is 7.09. The molecule has 0 aliphatic rings. The van der Waals surface area contributed by atoms with E-state index in [0.717, 1.165) is 20.1 Å². The molecule has 4 rings (SSSR count). The topological polar surface area (TPSA) is 60.9 Å². The van der Waals surface area contributed by atoms with Gasteiger partial charge in [0.1, 0.15) is 0 Å². The SMILES string of the molecule is COc1cc(N(Cc2ccccc2)C(=O)CSc2nc3ccccc3s2)cc(OC)c1OC. The normalized spacial score (nSPS) is 10.8. The third-order valence-corrected chi connectivity index (χ3v) is 7.20. The van der Waals surface area contributed by atoms with Gasteiger partial charge in [0.05, 0.1) is 49.5 Å². The molecule has 4 aromatic rings. The monoisotopic (exact) mass is 480 g/mol. The zero-order valence-electron chi connectivity index (χ0n) is 18.6. The smallest absolute Gasteiger partial charge is 0.237 e. The van der Waals surface area contributed by atoms with Gasteiger partial charge >= 0.3 is 0 Å². The van der Waals surface area contributed by atoms with Crippen LogP contribution in [0.2, 0.25) is 0 Å². The Kier molecular flexibility index (Phi) is 7.36. The number of hydrogen-bond acceptors (Lipinski definition) is 7. The van der Waals surface area contributed by atoms with E-state index in [1.54, 1.807) is 49.7 Å². The number of ether oxygens (including phenoxy) is 3. The molecule has 1 amide bonds. The van der Waals surface area contributed by atoms with Crippen molar-refractivity contribution in [1.29, 1.82) is 0 Å². The lowest BCUT2D eigenvalue weighted by atomic mass is 10.1. The van der Waals surface area contributed by atoms with Crippen LogP contribution in [0, 0.1) is 0 Å². The standard InChI is InChI=1S/C25H24N2O4S2/c1-29-20-13-18(14-21(30-2)24(20)31-3)27(15-17-9-5-4-6-10-17)23(28)16-32-25-26-19-11-7-8-12-22(19)33-25/h4-14H,15-16H2,1-3H3. The average Bonchev–Trinajstić information content (AvgIpc) is 3.28. The first kappa shape index (κ1) is 22.9. The summed E-state index contributed by atoms with van der Waals surface area (Å²) in [5.41, 5.74) is 2.64. The third kappa shape index (κ3) is 5.23. The average molecular weight is 481 g/mol. The summed E-state index contributed by atoms with van der Waals surface area (Å²) in [5, 5.41) is 0. The van der Waals surface area contributed by atoms with Gasteiger partial charge in [-0.1, -0.05) is 54.2 Å². The summed E-state index contributed by atoms with van der Waals surface area (Å²) in [7, 11) is 4.68. The number of thiazole rings is 1. The molecule has 0 aliphatic carbocycles. The van der Waals surface area contributed by atoms with E-state index in [1.807, 2.05) is 54.6 Å². The van der Waals surface area contributed by atoms with Crippen molar-refractivity contribution < 1.29 is 19.0 Å². The summed E-state index contributed by atoms with van der Waals surface area (Å²) in [4.78, 5) is 19.8. The molecule has 0 unspecified atom stereocenters. The summed E-state index contributed by atoms with van der Waals surface area (Å²) in [6.45, 7) is 0.415. The van der Waals surface area contributed by atoms with Gasteiger partial charge in [-0.2, -0.15) is 0 Å². The lowest BCUT2D eigenvalue weighted by Crippen LogP contribution is -2.32. The second-order valence-corrected chi connectivity index (χ2v) is 9.34. The van der Waals surface area contributed by atoms with Crippen molar-refractivity contribution in [3.8, 4) is 17.2 Å². The van der Waals surface area contributed by atoms with Crippen LogP contribution in [0.3, 0.4) is 0 Å². The number of nitrogens with zero attached hydrogens (tertiary/aromatic N) is 2. The van der Waals surface area contributed by atoms with E-state index < -0.39 is 0 Å². The van der Waals surface area contributed by atoms with Crippen molar-refractivity contribution in [2.24, 2.45) is 0 Å². The van der Waals surface area contributed by atoms with E-state index in [4.69, 9.17) is 14.2 Å². The molecule has 6 nitrogen and oxygen atoms in total. The van der Waals surface area contributed by atoms with Gasteiger partial charge in [0, 0.05) is 12.1 Å². The molecule has 1 heterocycles. The molecule has 33 heavy (non-hydrogen) atoms. The summed E-state index contributed by atoms with van der Waals surface area (Å²) < 4.78 is 18.4. The summed E-state index contributed by atoms with van der Waals surface area (Å²) in [6, 6.07) is 21.4. The van der Waals surface area contributed by atoms with Crippen LogP contribution >= 0.6 is 23.1 Å². The maximum Gasteiger partial charge on any atom is 0.237 e. The number of amides is 1. The molecule has 0 atom stereocenters. The largest absolute Gasteiger partial charge is 0.493 e. The molecule has 0 spiro atoms. The van der Waals surface area contributed by atoms with Gasteiger partial charge in [0.2, 0.25) is 11.7 Å². The van der Waals surface area contributed by atoms with Crippen LogP contribution in [0.15, 0.2) is 71.1 Å². The maximum atomic E-state index is 13.5. The van der Waals surface area contributed by atoms with E-state index >= 15 is 0 Å². The molecule has 3 aromatic carbocycles. The van der Waals surface area contributed by atoms with Crippen molar-refractivity contribution in [2.75, 3.05) is 32.0 Å². The van der Waals surface area contributed by atoms with Gasteiger partial charge in [-0.15, -0.1) is 11.3 Å². The lowest BCUT2D eigenvalue weighted by molar-refractivity contribution is -0.116. The van der Waals surface area contributed by atoms with E-state index in [-0.39, 0.29) is 11.7 Å². The van der Waals surface area contributed by atoms with Crippen LogP contribution < -0.4 is 19.1 Å². The van der Waals surface area contributed by atoms with Crippen LogP contribution in [0.4, 0.5) is 5.69 Å². The molecule has 0 bridgehead atoms. The van der Waals surface area contributed by atoms with Gasteiger partial charge in [0.25, 0.3) is 0 Å². The number of anilines is 1. The van der Waals surface area contributed by atoms with E-state index in [9.17, 15) is 4.79 Å². The van der Waals surface area contributed by atoms with Crippen molar-refractivity contribution in [3.63, 3.8) is 0 Å². The minimum atomic E-state index is -0.0441. The number of thioether (sulfide) groups is 1. The first-order valence-electron chi connectivity index (χ1n) is 10.3. The highest BCUT2D eigenvalue weighted by Gasteiger charge is 2.22. The number of carbonyl (C=O) groups is 1. The highest BCUT2D eigenvalue weighted by atomic mass is 32.2. The van der Waals surface area contributed by atoms with Crippen LogP contribution in [0.5, 0.6) is 17.2 Å². The number of rotatable bonds is 9. The van der Waals surface area contributed by atoms with Crippen molar-refractivity contribution in [1.82, 2.24) is 4.98 Å². The van der Waals surface area contributed by atoms with Gasteiger partial charge in [-0.05, 0) is 17.7 Å². The molecular formula is C25H24N2O4S2. The Labute approximate surface area is 201 Å². The van der Waals surface area contributed by atoms with Gasteiger partial charge in [-0.3, -0.25) is 4.79 Å². The Morgan fingerprint density at radius 3 is 2.24 bits per heavy atom. The van der Waals surface area contributed by atoms with Crippen LogP contribution in [0.1, 0.15) is 5.56 Å². The minimum absolute atomic E-state index is 0.0441. The lowest BCUT2D eigenvalue weighted by Gasteiger charge is -2.25. The first-order chi connectivity index (χ1) is 16.1. The number of carbonyl (C=O) groups excluding carboxylic acids is 1. The first-order valence-corrected chi connectivity index (χ1v) is 12.1. The summed E-state index contributed by atoms with van der Waals surface area (Å²) in [6.07, 6.45) is 0. The second kappa shape index (κ2) is 10.6. The Balaban J connectivity index is 1.63. The molecule has 0 radical (unpaired) electrons. The fourth-order valence-corrected chi connectivity index (χ4v) is 5.37. The molecular weight excluding hydrogens is 456 g/mol. The Bertz CT molecular complexity index is 1190. The number of benzene rings is 3. The quantitative estimate of drug-likeness (QED) is 0.289. The van der Waals surface area contributed by atoms with E-state index in [1.165, 1.54) is 11.8 Å². The molecule has 8 heteroatoms. The highest BCUT2D eigenvalue weighted by molar-refractivity contribution is 8.01. The molecule has 0 N–H and O–H groups in total. The zero-order chi connectivity index (χ0) is 23.2. The predicted molar refractivity (Wildman–Crippen MR) is 134 cm³/mol. The fourth-order valence-electron chi connectivity index (χ4n) is 3.43. The number of para-hydroxylation sites is 1. The minimum Gasteiger partial charge on any atom is -0.493 e. The number of aromatic nitrogens is 1. The maximum absolute atomic E-state index is 13.5. The van der Waals surface area contributed by atoms with Gasteiger partial charge in [0.15, 0.2) is 15.8 Å². The Hall–Kier alpha value is -3.23. The van der Waals surface area contributed by atoms with Crippen molar-refractivity contribution >= 4 is 44.9 Å². The summed E-state index contributed by atoms with van der Waals surface area (Å²) in [5.74, 6) is 1.69. The van der Waals surface area contributed by atoms with Gasteiger partial charge < -0.3 is 19.1 Å². The Morgan fingerprint density at radius 1 is 0.939 bits per heavy atom. The fraction of sp³-hybridized carbons (Fsp3) is 0.200. The number of fused-ring (bicyclic) bond motifs is 1. The summed E-state index contributed by atoms with van der Waals surface area (Å²) >= 11 is 3.04. The predicted octanol–water partition coefficient (Wildman–Crippen LogP) is 5.65. The van der Waals surface area contributed by atoms with Gasteiger partial charge in [-0.25, -0.2) is 4.98 Å². The highest BCUT2D eigenvalue weighted by Crippen LogP contribution is 2.41. The number of hydrogen-bond donors (Lipinski definition) is 0. The van der Waals surface area contributed by atoms with Crippen molar-refractivity contribution in [2.45, 2.75) is 10.9 Å². The van der Waals surface area contributed by atoms with Crippen LogP contribution in [-0.4, -0.2) is 38.0 Å². The molecule has 0 aliphatic heterocycles. The molecule has 0 saturated carbocycles. The van der Waals surface area contributed by atoms with Crippen molar-refractivity contribution in [3.05, 3.63) is 72.3 Å². The molecule has 0 fully saturated rings. The van der Waals surface area contributed by atoms with E-state index in [2.05, 4.69) is 4.98 Å². The zero-order valence-corrected chi connectivity index (χ0v) is 20.2. The molecule has 170 valence electrons. The third-order valence-electron chi connectivity index (χ3n) is 5.04. The molecule has 0 saturated heterocycles. The van der Waals surface area contributed by atoms with Crippen LogP contribution in [0.25, 0.3) is 10.2 Å². The Morgan fingerprint density at radius 2 is 1.61 bits per heavy atom.